The first-order valence-corrected chi connectivity index (χ1v) is 6.18. The number of allylic oxidation sites excluding steroid dienone is 2. The van der Waals surface area contributed by atoms with Crippen LogP contribution in [0.25, 0.3) is 0 Å². The minimum atomic E-state index is -0.379. The molecule has 3 heteroatoms. The molecule has 0 spiro atoms. The number of benzene rings is 1. The maximum absolute atomic E-state index is 11.8. The fraction of sp³-hybridized carbons (Fsp3) is 0.188. The monoisotopic (exact) mass is 253 g/mol. The Bertz CT molecular complexity index is 549. The lowest BCUT2D eigenvalue weighted by Crippen LogP contribution is -2.35. The molecule has 19 heavy (non-hydrogen) atoms. The molecule has 0 saturated heterocycles. The molecule has 1 aromatic rings. The first kappa shape index (κ1) is 13.0. The van der Waals surface area contributed by atoms with E-state index in [0.29, 0.717) is 6.61 Å². The SMILES string of the molecule is CCOC(=O)N1C=CC=CC1C#Cc1ccccc1. The van der Waals surface area contributed by atoms with Gasteiger partial charge in [-0.05, 0) is 31.2 Å². The molecular weight excluding hydrogens is 238 g/mol. The topological polar surface area (TPSA) is 29.5 Å². The average molecular weight is 253 g/mol. The van der Waals surface area contributed by atoms with E-state index in [1.165, 1.54) is 4.90 Å². The predicted octanol–water partition coefficient (Wildman–Crippen LogP) is 2.95. The Morgan fingerprint density at radius 2 is 2.11 bits per heavy atom. The standard InChI is InChI=1S/C16H15NO2/c1-2-19-16(18)17-13-7-6-10-15(17)12-11-14-8-4-3-5-9-14/h3-10,13,15H,2H2,1H3. The smallest absolute Gasteiger partial charge is 0.415 e. The van der Waals surface area contributed by atoms with E-state index in [1.54, 1.807) is 19.2 Å². The normalized spacial score (nSPS) is 16.7. The van der Waals surface area contributed by atoms with Gasteiger partial charge < -0.3 is 4.74 Å². The molecule has 0 aromatic heterocycles. The lowest BCUT2D eigenvalue weighted by atomic mass is 10.1. The van der Waals surface area contributed by atoms with Gasteiger partial charge in [0.25, 0.3) is 0 Å². The number of rotatable bonds is 1. The lowest BCUT2D eigenvalue weighted by molar-refractivity contribution is 0.120. The number of amides is 1. The van der Waals surface area contributed by atoms with E-state index in [2.05, 4.69) is 11.8 Å². The maximum Gasteiger partial charge on any atom is 0.415 e. The number of carbonyl (C=O) groups excluding carboxylic acids is 1. The average Bonchev–Trinajstić information content (AvgIpc) is 2.47. The van der Waals surface area contributed by atoms with Crippen LogP contribution in [0.15, 0.2) is 54.8 Å². The van der Waals surface area contributed by atoms with E-state index in [0.717, 1.165) is 5.56 Å². The first-order chi connectivity index (χ1) is 9.31. The van der Waals surface area contributed by atoms with Gasteiger partial charge in [0.05, 0.1) is 6.61 Å². The van der Waals surface area contributed by atoms with Gasteiger partial charge in [0.1, 0.15) is 6.04 Å². The van der Waals surface area contributed by atoms with Crippen molar-refractivity contribution in [1.29, 1.82) is 0 Å². The van der Waals surface area contributed by atoms with Crippen molar-refractivity contribution in [3.05, 3.63) is 60.3 Å². The van der Waals surface area contributed by atoms with E-state index in [-0.39, 0.29) is 12.1 Å². The van der Waals surface area contributed by atoms with E-state index in [9.17, 15) is 4.79 Å². The molecule has 1 amide bonds. The van der Waals surface area contributed by atoms with Crippen molar-refractivity contribution in [3.63, 3.8) is 0 Å². The Hall–Kier alpha value is -2.47. The number of carbonyl (C=O) groups is 1. The third-order valence-corrected chi connectivity index (χ3v) is 2.57. The quantitative estimate of drug-likeness (QED) is 0.720. The summed E-state index contributed by atoms with van der Waals surface area (Å²) in [5.74, 6) is 6.12. The van der Waals surface area contributed by atoms with Crippen molar-refractivity contribution >= 4 is 6.09 Å². The fourth-order valence-corrected chi connectivity index (χ4v) is 1.67. The number of hydrogen-bond acceptors (Lipinski definition) is 2. The van der Waals surface area contributed by atoms with Gasteiger partial charge in [-0.25, -0.2) is 4.79 Å². The van der Waals surface area contributed by atoms with E-state index < -0.39 is 0 Å². The Kier molecular flexibility index (Phi) is 4.41. The van der Waals surface area contributed by atoms with Crippen LogP contribution in [-0.4, -0.2) is 23.6 Å². The molecule has 1 heterocycles. The van der Waals surface area contributed by atoms with Gasteiger partial charge in [-0.3, -0.25) is 4.90 Å². The molecule has 2 rings (SSSR count). The van der Waals surface area contributed by atoms with Crippen LogP contribution in [0.3, 0.4) is 0 Å². The van der Waals surface area contributed by atoms with Crippen molar-refractivity contribution in [2.24, 2.45) is 0 Å². The number of nitrogens with zero attached hydrogens (tertiary/aromatic N) is 1. The zero-order valence-electron chi connectivity index (χ0n) is 10.7. The Morgan fingerprint density at radius 3 is 2.84 bits per heavy atom. The second kappa shape index (κ2) is 6.46. The zero-order chi connectivity index (χ0) is 13.5. The first-order valence-electron chi connectivity index (χ1n) is 6.18. The van der Waals surface area contributed by atoms with Gasteiger partial charge in [0.15, 0.2) is 0 Å². The summed E-state index contributed by atoms with van der Waals surface area (Å²) in [7, 11) is 0. The van der Waals surface area contributed by atoms with Crippen molar-refractivity contribution in [1.82, 2.24) is 4.90 Å². The molecular formula is C16H15NO2. The Labute approximate surface area is 113 Å². The third-order valence-electron chi connectivity index (χ3n) is 2.57. The molecule has 0 N–H and O–H groups in total. The highest BCUT2D eigenvalue weighted by Crippen LogP contribution is 2.10. The summed E-state index contributed by atoms with van der Waals surface area (Å²) in [5.41, 5.74) is 0.925. The summed E-state index contributed by atoms with van der Waals surface area (Å²) in [4.78, 5) is 13.3. The van der Waals surface area contributed by atoms with Gasteiger partial charge in [-0.15, -0.1) is 0 Å². The van der Waals surface area contributed by atoms with Crippen LogP contribution in [0, 0.1) is 11.8 Å². The van der Waals surface area contributed by atoms with Crippen LogP contribution < -0.4 is 0 Å². The van der Waals surface area contributed by atoms with Crippen LogP contribution in [0.5, 0.6) is 0 Å². The van der Waals surface area contributed by atoms with Gasteiger partial charge >= 0.3 is 6.09 Å². The second-order valence-electron chi connectivity index (χ2n) is 3.91. The summed E-state index contributed by atoms with van der Waals surface area (Å²) in [6.07, 6.45) is 6.84. The van der Waals surface area contributed by atoms with Crippen molar-refractivity contribution in [2.75, 3.05) is 6.61 Å². The van der Waals surface area contributed by atoms with Crippen LogP contribution in [0.2, 0.25) is 0 Å². The zero-order valence-corrected chi connectivity index (χ0v) is 10.7. The van der Waals surface area contributed by atoms with Gasteiger partial charge in [-0.2, -0.15) is 0 Å². The minimum absolute atomic E-state index is 0.288. The number of ether oxygens (including phenoxy) is 1. The fourth-order valence-electron chi connectivity index (χ4n) is 1.67. The van der Waals surface area contributed by atoms with E-state index in [4.69, 9.17) is 4.74 Å². The Morgan fingerprint density at radius 1 is 1.32 bits per heavy atom. The molecule has 3 nitrogen and oxygen atoms in total. The Balaban J connectivity index is 2.14. The second-order valence-corrected chi connectivity index (χ2v) is 3.91. The highest BCUT2D eigenvalue weighted by molar-refractivity contribution is 5.71. The molecule has 0 radical (unpaired) electrons. The van der Waals surface area contributed by atoms with E-state index in [1.807, 2.05) is 42.5 Å². The number of hydrogen-bond donors (Lipinski definition) is 0. The molecule has 1 atom stereocenters. The van der Waals surface area contributed by atoms with Crippen molar-refractivity contribution in [3.8, 4) is 11.8 Å². The van der Waals surface area contributed by atoms with Gasteiger partial charge in [-0.1, -0.05) is 36.1 Å². The van der Waals surface area contributed by atoms with Crippen LogP contribution in [0.4, 0.5) is 4.79 Å². The van der Waals surface area contributed by atoms with Crippen LogP contribution in [0.1, 0.15) is 12.5 Å². The summed E-state index contributed by atoms with van der Waals surface area (Å²) < 4.78 is 5.00. The molecule has 1 unspecified atom stereocenters. The highest BCUT2D eigenvalue weighted by atomic mass is 16.6. The highest BCUT2D eigenvalue weighted by Gasteiger charge is 2.20. The van der Waals surface area contributed by atoms with Crippen molar-refractivity contribution in [2.45, 2.75) is 13.0 Å². The summed E-state index contributed by atoms with van der Waals surface area (Å²) in [6.45, 7) is 2.14. The molecule has 1 aromatic carbocycles. The molecule has 0 fully saturated rings. The molecule has 1 aliphatic rings. The molecule has 96 valence electrons. The van der Waals surface area contributed by atoms with Crippen LogP contribution >= 0.6 is 0 Å². The van der Waals surface area contributed by atoms with Crippen LogP contribution in [-0.2, 0) is 4.74 Å². The van der Waals surface area contributed by atoms with Crippen molar-refractivity contribution < 1.29 is 9.53 Å². The summed E-state index contributed by atoms with van der Waals surface area (Å²) >= 11 is 0. The summed E-state index contributed by atoms with van der Waals surface area (Å²) in [6, 6.07) is 9.39. The van der Waals surface area contributed by atoms with Gasteiger partial charge in [0, 0.05) is 11.8 Å². The largest absolute Gasteiger partial charge is 0.449 e. The third kappa shape index (κ3) is 3.49. The summed E-state index contributed by atoms with van der Waals surface area (Å²) in [5, 5.41) is 0. The maximum atomic E-state index is 11.8. The predicted molar refractivity (Wildman–Crippen MR) is 74.2 cm³/mol. The lowest BCUT2D eigenvalue weighted by Gasteiger charge is -2.23. The molecule has 1 aliphatic heterocycles. The minimum Gasteiger partial charge on any atom is -0.449 e. The molecule has 0 aliphatic carbocycles. The van der Waals surface area contributed by atoms with Gasteiger partial charge in [0.2, 0.25) is 0 Å². The molecule has 0 bridgehead atoms. The molecule has 0 saturated carbocycles. The van der Waals surface area contributed by atoms with E-state index >= 15 is 0 Å².